The molecule has 6 aromatic rings. The van der Waals surface area contributed by atoms with Gasteiger partial charge in [0.15, 0.2) is 0 Å². The highest BCUT2D eigenvalue weighted by Crippen LogP contribution is 2.40. The number of aromatic nitrogens is 1. The van der Waals surface area contributed by atoms with Crippen molar-refractivity contribution >= 4 is 43.7 Å². The van der Waals surface area contributed by atoms with E-state index < -0.39 is 0 Å². The fourth-order valence-corrected chi connectivity index (χ4v) is 4.30. The van der Waals surface area contributed by atoms with Crippen LogP contribution in [-0.2, 0) is 0 Å². The Hall–Kier alpha value is -3.52. The fourth-order valence-electron chi connectivity index (χ4n) is 4.30. The fraction of sp³-hybridized carbons (Fsp3) is 0.0400. The maximum Gasteiger partial charge on any atom is 0.145 e. The summed E-state index contributed by atoms with van der Waals surface area (Å²) >= 11 is 0. The summed E-state index contributed by atoms with van der Waals surface area (Å²) in [6.45, 7) is 2.11. The first-order valence-corrected chi connectivity index (χ1v) is 9.22. The summed E-state index contributed by atoms with van der Waals surface area (Å²) in [5, 5.41) is 4.77. The highest BCUT2D eigenvalue weighted by atomic mass is 16.3. The molecule has 0 unspecified atom stereocenters. The molecule has 0 aliphatic carbocycles. The number of nitrogens with zero attached hydrogens (tertiary/aromatic N) is 1. The number of hydrogen-bond donors (Lipinski definition) is 0. The van der Waals surface area contributed by atoms with E-state index in [1.165, 1.54) is 38.1 Å². The molecule has 0 fully saturated rings. The van der Waals surface area contributed by atoms with Gasteiger partial charge in [0.1, 0.15) is 11.2 Å². The van der Waals surface area contributed by atoms with Gasteiger partial charge in [-0.05, 0) is 42.8 Å². The van der Waals surface area contributed by atoms with Crippen molar-refractivity contribution in [2.45, 2.75) is 6.92 Å². The van der Waals surface area contributed by atoms with Gasteiger partial charge in [-0.3, -0.25) is 0 Å². The summed E-state index contributed by atoms with van der Waals surface area (Å²) in [5.41, 5.74) is 6.66. The Bertz CT molecular complexity index is 1470. The molecule has 0 saturated carbocycles. The Morgan fingerprint density at radius 2 is 1.33 bits per heavy atom. The van der Waals surface area contributed by atoms with Crippen molar-refractivity contribution in [2.24, 2.45) is 0 Å². The first-order valence-electron chi connectivity index (χ1n) is 9.22. The number of para-hydroxylation sites is 3. The minimum Gasteiger partial charge on any atom is -0.455 e. The van der Waals surface area contributed by atoms with Crippen LogP contribution in [0.4, 0.5) is 0 Å². The Morgan fingerprint density at radius 3 is 2.22 bits per heavy atom. The average Bonchev–Trinajstić information content (AvgIpc) is 3.25. The predicted molar refractivity (Wildman–Crippen MR) is 113 cm³/mol. The van der Waals surface area contributed by atoms with Crippen LogP contribution in [0.1, 0.15) is 5.56 Å². The molecule has 128 valence electrons. The van der Waals surface area contributed by atoms with Crippen molar-refractivity contribution in [3.63, 3.8) is 0 Å². The third-order valence-corrected chi connectivity index (χ3v) is 5.51. The lowest BCUT2D eigenvalue weighted by Crippen LogP contribution is -1.92. The number of fused-ring (bicyclic) bond motifs is 7. The maximum absolute atomic E-state index is 6.44. The van der Waals surface area contributed by atoms with E-state index in [-0.39, 0.29) is 0 Å². The molecule has 2 heteroatoms. The number of rotatable bonds is 1. The summed E-state index contributed by atoms with van der Waals surface area (Å²) in [4.78, 5) is 0. The second-order valence-electron chi connectivity index (χ2n) is 7.08. The van der Waals surface area contributed by atoms with Crippen LogP contribution in [0.3, 0.4) is 0 Å². The number of hydrogen-bond acceptors (Lipinski definition) is 1. The zero-order valence-electron chi connectivity index (χ0n) is 14.9. The maximum atomic E-state index is 6.44. The van der Waals surface area contributed by atoms with Gasteiger partial charge in [-0.25, -0.2) is 0 Å². The first-order chi connectivity index (χ1) is 13.3. The molecule has 2 heterocycles. The quantitative estimate of drug-likeness (QED) is 0.313. The van der Waals surface area contributed by atoms with Crippen molar-refractivity contribution < 1.29 is 4.42 Å². The van der Waals surface area contributed by atoms with E-state index in [9.17, 15) is 0 Å². The molecular formula is C25H17NO. The topological polar surface area (TPSA) is 18.1 Å². The van der Waals surface area contributed by atoms with Crippen LogP contribution in [0.15, 0.2) is 89.3 Å². The van der Waals surface area contributed by atoms with Crippen molar-refractivity contribution in [2.75, 3.05) is 0 Å². The largest absolute Gasteiger partial charge is 0.455 e. The smallest absolute Gasteiger partial charge is 0.145 e. The second-order valence-corrected chi connectivity index (χ2v) is 7.08. The molecule has 4 aromatic carbocycles. The molecule has 0 aliphatic heterocycles. The molecule has 2 nitrogen and oxygen atoms in total. The van der Waals surface area contributed by atoms with Gasteiger partial charge < -0.3 is 8.98 Å². The SMILES string of the molecule is Cc1cccc2c1oc1c2ccc2c1c1ccccc1n2-c1ccccc1. The summed E-state index contributed by atoms with van der Waals surface area (Å²) in [7, 11) is 0. The van der Waals surface area contributed by atoms with Crippen molar-refractivity contribution in [3.05, 3.63) is 90.5 Å². The summed E-state index contributed by atoms with van der Waals surface area (Å²) in [6, 6.07) is 29.9. The van der Waals surface area contributed by atoms with E-state index in [4.69, 9.17) is 4.42 Å². The zero-order valence-corrected chi connectivity index (χ0v) is 14.9. The third kappa shape index (κ3) is 1.90. The van der Waals surface area contributed by atoms with Gasteiger partial charge in [-0.2, -0.15) is 0 Å². The van der Waals surface area contributed by atoms with E-state index in [1.807, 2.05) is 0 Å². The molecule has 0 radical (unpaired) electrons. The number of furan rings is 1. The van der Waals surface area contributed by atoms with Gasteiger partial charge in [0.2, 0.25) is 0 Å². The predicted octanol–water partition coefficient (Wildman–Crippen LogP) is 6.99. The van der Waals surface area contributed by atoms with Gasteiger partial charge in [-0.15, -0.1) is 0 Å². The Balaban J connectivity index is 1.89. The van der Waals surface area contributed by atoms with Crippen molar-refractivity contribution in [1.82, 2.24) is 4.57 Å². The molecule has 0 saturated heterocycles. The van der Waals surface area contributed by atoms with Crippen molar-refractivity contribution in [3.8, 4) is 5.69 Å². The standard InChI is InChI=1S/C25H17NO/c1-16-8-7-12-18-19-14-15-22-23(25(19)27-24(16)18)20-11-5-6-13-21(20)26(22)17-9-3-2-4-10-17/h2-15H,1H3. The molecule has 0 N–H and O–H groups in total. The third-order valence-electron chi connectivity index (χ3n) is 5.51. The lowest BCUT2D eigenvalue weighted by atomic mass is 10.1. The Morgan fingerprint density at radius 1 is 0.593 bits per heavy atom. The number of aryl methyl sites for hydroxylation is 1. The van der Waals surface area contributed by atoms with Crippen LogP contribution in [0, 0.1) is 6.92 Å². The van der Waals surface area contributed by atoms with Gasteiger partial charge in [-0.1, -0.05) is 54.6 Å². The Labute approximate surface area is 156 Å². The van der Waals surface area contributed by atoms with Gasteiger partial charge in [0.25, 0.3) is 0 Å². The van der Waals surface area contributed by atoms with Crippen LogP contribution in [0.25, 0.3) is 49.4 Å². The molecule has 0 amide bonds. The Kier molecular flexibility index (Phi) is 2.84. The molecule has 2 aromatic heterocycles. The van der Waals surface area contributed by atoms with Gasteiger partial charge in [0.05, 0.1) is 16.4 Å². The van der Waals surface area contributed by atoms with Crippen molar-refractivity contribution in [1.29, 1.82) is 0 Å². The minimum absolute atomic E-state index is 0.975. The van der Waals surface area contributed by atoms with Crippen LogP contribution < -0.4 is 0 Å². The summed E-state index contributed by atoms with van der Waals surface area (Å²) < 4.78 is 8.76. The second kappa shape index (κ2) is 5.24. The molecule has 0 aliphatic rings. The highest BCUT2D eigenvalue weighted by molar-refractivity contribution is 6.24. The lowest BCUT2D eigenvalue weighted by molar-refractivity contribution is 0.669. The van der Waals surface area contributed by atoms with E-state index >= 15 is 0 Å². The highest BCUT2D eigenvalue weighted by Gasteiger charge is 2.18. The molecule has 0 bridgehead atoms. The van der Waals surface area contributed by atoms with Crippen LogP contribution in [-0.4, -0.2) is 4.57 Å². The first kappa shape index (κ1) is 14.6. The molecule has 0 atom stereocenters. The summed E-state index contributed by atoms with van der Waals surface area (Å²) in [5.74, 6) is 0. The van der Waals surface area contributed by atoms with E-state index in [0.29, 0.717) is 0 Å². The molecule has 0 spiro atoms. The molecule has 6 rings (SSSR count). The van der Waals surface area contributed by atoms with E-state index in [0.717, 1.165) is 16.9 Å². The average molecular weight is 347 g/mol. The monoisotopic (exact) mass is 347 g/mol. The van der Waals surface area contributed by atoms with E-state index in [2.05, 4.69) is 96.4 Å². The minimum atomic E-state index is 0.975. The zero-order chi connectivity index (χ0) is 18.0. The van der Waals surface area contributed by atoms with Gasteiger partial charge in [0, 0.05) is 21.8 Å². The lowest BCUT2D eigenvalue weighted by Gasteiger charge is -2.07. The van der Waals surface area contributed by atoms with Crippen LogP contribution in [0.2, 0.25) is 0 Å². The van der Waals surface area contributed by atoms with Crippen LogP contribution >= 0.6 is 0 Å². The number of benzene rings is 4. The summed E-state index contributed by atoms with van der Waals surface area (Å²) in [6.07, 6.45) is 0. The molecular weight excluding hydrogens is 330 g/mol. The van der Waals surface area contributed by atoms with Gasteiger partial charge >= 0.3 is 0 Å². The molecule has 27 heavy (non-hydrogen) atoms. The van der Waals surface area contributed by atoms with Crippen LogP contribution in [0.5, 0.6) is 0 Å². The normalized spacial score (nSPS) is 11.9. The van der Waals surface area contributed by atoms with E-state index in [1.54, 1.807) is 0 Å².